The van der Waals surface area contributed by atoms with Crippen LogP contribution in [0.25, 0.3) is 0 Å². The summed E-state index contributed by atoms with van der Waals surface area (Å²) in [6.07, 6.45) is 0.572. The Morgan fingerprint density at radius 3 is 2.72 bits per heavy atom. The van der Waals surface area contributed by atoms with E-state index in [2.05, 4.69) is 27.3 Å². The Balaban J connectivity index is 1.33. The summed E-state index contributed by atoms with van der Waals surface area (Å²) in [4.78, 5) is 24.5. The van der Waals surface area contributed by atoms with Crippen LogP contribution in [0.1, 0.15) is 35.2 Å². The van der Waals surface area contributed by atoms with Crippen molar-refractivity contribution in [2.24, 2.45) is 9.98 Å². The maximum Gasteiger partial charge on any atom is 0.266 e. The van der Waals surface area contributed by atoms with Crippen LogP contribution in [0.5, 0.6) is 0 Å². The first-order valence-corrected chi connectivity index (χ1v) is 10.2. The fourth-order valence-electron chi connectivity index (χ4n) is 4.16. The fraction of sp³-hybridized carbons (Fsp3) is 0.348. The summed E-state index contributed by atoms with van der Waals surface area (Å²) in [5, 5.41) is 3.08. The average molecular weight is 388 g/mol. The second kappa shape index (κ2) is 7.44. The van der Waals surface area contributed by atoms with Gasteiger partial charge in [0.2, 0.25) is 0 Å². The van der Waals surface area contributed by atoms with Crippen molar-refractivity contribution in [2.45, 2.75) is 25.9 Å². The Morgan fingerprint density at radius 2 is 1.93 bits per heavy atom. The summed E-state index contributed by atoms with van der Waals surface area (Å²) >= 11 is 0. The van der Waals surface area contributed by atoms with Crippen LogP contribution in [0.3, 0.4) is 0 Å². The van der Waals surface area contributed by atoms with Crippen molar-refractivity contribution in [3.8, 4) is 0 Å². The molecule has 0 aromatic heterocycles. The zero-order valence-electron chi connectivity index (χ0n) is 16.5. The molecular formula is C23H24N4O2. The number of nitrogens with zero attached hydrogens (tertiary/aromatic N) is 3. The number of hydrogen-bond donors (Lipinski definition) is 1. The van der Waals surface area contributed by atoms with Gasteiger partial charge in [-0.3, -0.25) is 9.79 Å². The third-order valence-electron chi connectivity index (χ3n) is 5.78. The van der Waals surface area contributed by atoms with Crippen LogP contribution in [0, 0.1) is 0 Å². The topological polar surface area (TPSA) is 66.3 Å². The van der Waals surface area contributed by atoms with Crippen LogP contribution < -0.4 is 5.32 Å². The molecule has 0 saturated carbocycles. The SMILES string of the molecule is C[C@@H](NC(=O)C1=Nc2cc3c(cc2C1)CN=C3N1CCOCC1)c1ccccc1. The highest BCUT2D eigenvalue weighted by molar-refractivity contribution is 6.41. The molecule has 0 unspecified atom stereocenters. The number of hydrogen-bond acceptors (Lipinski definition) is 5. The second-order valence-corrected chi connectivity index (χ2v) is 7.72. The molecule has 1 amide bonds. The number of amides is 1. The van der Waals surface area contributed by atoms with E-state index in [0.29, 0.717) is 18.7 Å². The standard InChI is InChI=1S/C23H24N4O2/c1-15(16-5-3-2-4-6-16)25-23(28)21-12-17-11-18-14-24-22(19(18)13-20(17)26-21)27-7-9-29-10-8-27/h2-6,11,13,15H,7-10,12,14H2,1H3,(H,25,28)/t15-/m1/s1. The molecule has 29 heavy (non-hydrogen) atoms. The minimum absolute atomic E-state index is 0.0554. The lowest BCUT2D eigenvalue weighted by Crippen LogP contribution is -2.40. The Morgan fingerprint density at radius 1 is 1.14 bits per heavy atom. The highest BCUT2D eigenvalue weighted by Crippen LogP contribution is 2.34. The van der Waals surface area contributed by atoms with E-state index in [4.69, 9.17) is 9.73 Å². The summed E-state index contributed by atoms with van der Waals surface area (Å²) in [6.45, 7) is 5.90. The molecular weight excluding hydrogens is 364 g/mol. The molecule has 2 aromatic carbocycles. The van der Waals surface area contributed by atoms with Gasteiger partial charge in [-0.25, -0.2) is 4.99 Å². The lowest BCUT2D eigenvalue weighted by atomic mass is 10.0. The van der Waals surface area contributed by atoms with Gasteiger partial charge in [0, 0.05) is 25.1 Å². The number of fused-ring (bicyclic) bond motifs is 2. The molecule has 2 aromatic rings. The number of carbonyl (C=O) groups is 1. The van der Waals surface area contributed by atoms with Crippen LogP contribution in [0.4, 0.5) is 5.69 Å². The number of nitrogens with one attached hydrogen (secondary N) is 1. The van der Waals surface area contributed by atoms with Crippen molar-refractivity contribution in [3.05, 3.63) is 64.7 Å². The highest BCUT2D eigenvalue weighted by atomic mass is 16.5. The smallest absolute Gasteiger partial charge is 0.266 e. The van der Waals surface area contributed by atoms with E-state index in [1.54, 1.807) is 0 Å². The van der Waals surface area contributed by atoms with Gasteiger partial charge in [-0.2, -0.15) is 0 Å². The summed E-state index contributed by atoms with van der Waals surface area (Å²) in [7, 11) is 0. The maximum atomic E-state index is 12.8. The van der Waals surface area contributed by atoms with Crippen molar-refractivity contribution < 1.29 is 9.53 Å². The molecule has 3 aliphatic rings. The Hall–Kier alpha value is -2.99. The Bertz CT molecular complexity index is 1010. The quantitative estimate of drug-likeness (QED) is 0.879. The van der Waals surface area contributed by atoms with Crippen molar-refractivity contribution in [2.75, 3.05) is 26.3 Å². The van der Waals surface area contributed by atoms with Crippen LogP contribution in [-0.4, -0.2) is 48.7 Å². The Kier molecular flexibility index (Phi) is 4.64. The molecule has 1 saturated heterocycles. The summed E-state index contributed by atoms with van der Waals surface area (Å²) in [5.41, 5.74) is 6.04. The van der Waals surface area contributed by atoms with Crippen LogP contribution in [0.15, 0.2) is 52.4 Å². The third kappa shape index (κ3) is 3.44. The lowest BCUT2D eigenvalue weighted by molar-refractivity contribution is -0.115. The number of aliphatic imine (C=N–C) groups is 2. The normalized spacial score (nSPS) is 18.6. The van der Waals surface area contributed by atoms with Gasteiger partial charge in [0.25, 0.3) is 5.91 Å². The molecule has 1 fully saturated rings. The fourth-order valence-corrected chi connectivity index (χ4v) is 4.16. The molecule has 6 heteroatoms. The van der Waals surface area contributed by atoms with E-state index in [1.807, 2.05) is 37.3 Å². The van der Waals surface area contributed by atoms with E-state index < -0.39 is 0 Å². The molecule has 3 aliphatic heterocycles. The van der Waals surface area contributed by atoms with E-state index in [0.717, 1.165) is 54.5 Å². The van der Waals surface area contributed by atoms with E-state index >= 15 is 0 Å². The van der Waals surface area contributed by atoms with Gasteiger partial charge in [-0.05, 0) is 29.7 Å². The maximum absolute atomic E-state index is 12.8. The minimum Gasteiger partial charge on any atom is -0.378 e. The van der Waals surface area contributed by atoms with Gasteiger partial charge in [0.05, 0.1) is 31.5 Å². The molecule has 5 rings (SSSR count). The van der Waals surface area contributed by atoms with E-state index in [9.17, 15) is 4.79 Å². The lowest BCUT2D eigenvalue weighted by Gasteiger charge is -2.29. The Labute approximate surface area is 170 Å². The van der Waals surface area contributed by atoms with Crippen LogP contribution >= 0.6 is 0 Å². The van der Waals surface area contributed by atoms with Crippen molar-refractivity contribution >= 4 is 23.1 Å². The number of morpholine rings is 1. The second-order valence-electron chi connectivity index (χ2n) is 7.72. The van der Waals surface area contributed by atoms with Gasteiger partial charge in [-0.15, -0.1) is 0 Å². The predicted molar refractivity (Wildman–Crippen MR) is 113 cm³/mol. The average Bonchev–Trinajstić information content (AvgIpc) is 3.36. The number of benzene rings is 2. The monoisotopic (exact) mass is 388 g/mol. The molecule has 1 N–H and O–H groups in total. The first kappa shape index (κ1) is 18.1. The van der Waals surface area contributed by atoms with Crippen molar-refractivity contribution in [3.63, 3.8) is 0 Å². The predicted octanol–water partition coefficient (Wildman–Crippen LogP) is 2.79. The van der Waals surface area contributed by atoms with Crippen LogP contribution in [-0.2, 0) is 22.5 Å². The first-order chi connectivity index (χ1) is 14.2. The third-order valence-corrected chi connectivity index (χ3v) is 5.78. The number of amidine groups is 1. The minimum atomic E-state index is -0.0974. The molecule has 148 valence electrons. The van der Waals surface area contributed by atoms with Gasteiger partial charge in [0.15, 0.2) is 0 Å². The summed E-state index contributed by atoms with van der Waals surface area (Å²) in [6, 6.07) is 14.2. The zero-order chi connectivity index (χ0) is 19.8. The molecule has 3 heterocycles. The zero-order valence-corrected chi connectivity index (χ0v) is 16.5. The van der Waals surface area contributed by atoms with Crippen molar-refractivity contribution in [1.29, 1.82) is 0 Å². The van der Waals surface area contributed by atoms with Crippen molar-refractivity contribution in [1.82, 2.24) is 10.2 Å². The molecule has 1 atom stereocenters. The summed E-state index contributed by atoms with van der Waals surface area (Å²) < 4.78 is 5.46. The number of ether oxygens (including phenoxy) is 1. The van der Waals surface area contributed by atoms with Crippen LogP contribution in [0.2, 0.25) is 0 Å². The van der Waals surface area contributed by atoms with Gasteiger partial charge in [-0.1, -0.05) is 36.4 Å². The molecule has 0 spiro atoms. The van der Waals surface area contributed by atoms with E-state index in [-0.39, 0.29) is 11.9 Å². The number of rotatable bonds is 3. The number of carbonyl (C=O) groups excluding carboxylic acids is 1. The van der Waals surface area contributed by atoms with Gasteiger partial charge in [0.1, 0.15) is 11.5 Å². The molecule has 0 bridgehead atoms. The highest BCUT2D eigenvalue weighted by Gasteiger charge is 2.28. The van der Waals surface area contributed by atoms with E-state index in [1.165, 1.54) is 5.56 Å². The molecule has 0 radical (unpaired) electrons. The first-order valence-electron chi connectivity index (χ1n) is 10.2. The molecule has 6 nitrogen and oxygen atoms in total. The largest absolute Gasteiger partial charge is 0.378 e. The molecule has 0 aliphatic carbocycles. The summed E-state index contributed by atoms with van der Waals surface area (Å²) in [5.74, 6) is 0.941. The van der Waals surface area contributed by atoms with Gasteiger partial charge >= 0.3 is 0 Å². The van der Waals surface area contributed by atoms with Gasteiger partial charge < -0.3 is 15.0 Å².